The summed E-state index contributed by atoms with van der Waals surface area (Å²) in [7, 11) is 0. The van der Waals surface area contributed by atoms with Crippen LogP contribution in [0.4, 0.5) is 5.69 Å². The van der Waals surface area contributed by atoms with Crippen molar-refractivity contribution in [3.05, 3.63) is 69.5 Å². The summed E-state index contributed by atoms with van der Waals surface area (Å²) < 4.78 is 17.2. The Hall–Kier alpha value is -3.71. The normalized spacial score (nSPS) is 18.2. The molecule has 0 aliphatic carbocycles. The van der Waals surface area contributed by atoms with E-state index in [0.717, 1.165) is 39.5 Å². The molecule has 0 radical (unpaired) electrons. The molecular weight excluding hydrogens is 363 g/mol. The Morgan fingerprint density at radius 2 is 1.69 bits per heavy atom. The van der Waals surface area contributed by atoms with E-state index >= 15 is 0 Å². The molecule has 29 heavy (non-hydrogen) atoms. The molecule has 7 heteroatoms. The third-order valence-corrected chi connectivity index (χ3v) is 6.35. The van der Waals surface area contributed by atoms with E-state index in [9.17, 15) is 5.26 Å². The highest BCUT2D eigenvalue weighted by Gasteiger charge is 2.63. The number of nitriles is 1. The van der Waals surface area contributed by atoms with Crippen molar-refractivity contribution in [1.29, 1.82) is 5.26 Å². The molecule has 0 atom stereocenters. The predicted octanol–water partition coefficient (Wildman–Crippen LogP) is 4.48. The van der Waals surface area contributed by atoms with Gasteiger partial charge in [0.1, 0.15) is 23.1 Å². The fourth-order valence-electron chi connectivity index (χ4n) is 5.21. The van der Waals surface area contributed by atoms with Gasteiger partial charge in [0.15, 0.2) is 11.4 Å². The Balaban J connectivity index is 1.95. The zero-order valence-corrected chi connectivity index (χ0v) is 17.0. The molecule has 3 aliphatic heterocycles. The standard InChI is InChI=1S/C22H19BN4O2/c1-12-17(11-24)15(4)26-21(12)14(3)22-13(2)20(25-6)16(5)27(22)23(26)28-18-9-7-8-10-19(18)29-23/h7-10H,1-5H3. The monoisotopic (exact) mass is 382 g/mol. The van der Waals surface area contributed by atoms with Crippen molar-refractivity contribution in [2.24, 2.45) is 0 Å². The Morgan fingerprint density at radius 3 is 2.24 bits per heavy atom. The lowest BCUT2D eigenvalue weighted by Gasteiger charge is -2.38. The summed E-state index contributed by atoms with van der Waals surface area (Å²) in [6.07, 6.45) is 0. The molecule has 0 bridgehead atoms. The molecule has 1 aromatic heterocycles. The van der Waals surface area contributed by atoms with Gasteiger partial charge in [-0.15, -0.1) is 0 Å². The first-order chi connectivity index (χ1) is 13.9. The van der Waals surface area contributed by atoms with Gasteiger partial charge >= 0.3 is 6.82 Å². The van der Waals surface area contributed by atoms with E-state index in [1.165, 1.54) is 0 Å². The molecule has 0 unspecified atom stereocenters. The van der Waals surface area contributed by atoms with Crippen LogP contribution in [-0.2, 0) is 0 Å². The molecule has 3 aliphatic rings. The summed E-state index contributed by atoms with van der Waals surface area (Å²) >= 11 is 0. The van der Waals surface area contributed by atoms with Gasteiger partial charge in [-0.05, 0) is 51.1 Å². The summed E-state index contributed by atoms with van der Waals surface area (Å²) in [4.78, 5) is 3.79. The summed E-state index contributed by atoms with van der Waals surface area (Å²) in [5.74, 6) is 1.31. The zero-order valence-electron chi connectivity index (χ0n) is 17.0. The third kappa shape index (κ3) is 1.83. The van der Waals surface area contributed by atoms with Crippen LogP contribution in [0.15, 0.2) is 41.1 Å². The van der Waals surface area contributed by atoms with Gasteiger partial charge in [0, 0.05) is 23.8 Å². The number of hydrogen-bond acceptors (Lipinski definition) is 3. The van der Waals surface area contributed by atoms with Crippen molar-refractivity contribution >= 4 is 23.8 Å². The molecule has 4 heterocycles. The van der Waals surface area contributed by atoms with Crippen LogP contribution < -0.4 is 9.31 Å². The molecule has 142 valence electrons. The number of rotatable bonds is 0. The molecule has 0 N–H and O–H groups in total. The minimum Gasteiger partial charge on any atom is -0.599 e. The molecule has 1 aromatic carbocycles. The van der Waals surface area contributed by atoms with Crippen molar-refractivity contribution in [1.82, 2.24) is 4.48 Å². The minimum absolute atomic E-state index is 0.616. The number of hydrogen-bond donors (Lipinski definition) is 0. The molecule has 1 spiro atoms. The summed E-state index contributed by atoms with van der Waals surface area (Å²) in [5, 5.41) is 9.80. The van der Waals surface area contributed by atoms with Crippen molar-refractivity contribution in [3.8, 4) is 17.6 Å². The van der Waals surface area contributed by atoms with Crippen molar-refractivity contribution < 1.29 is 13.8 Å². The maximum absolute atomic E-state index is 9.80. The van der Waals surface area contributed by atoms with Crippen LogP contribution >= 0.6 is 0 Å². The number of benzene rings is 1. The van der Waals surface area contributed by atoms with E-state index < -0.39 is 6.82 Å². The first-order valence-electron chi connectivity index (χ1n) is 9.54. The van der Waals surface area contributed by atoms with Gasteiger partial charge in [-0.25, -0.2) is 4.85 Å². The number of allylic oxidation sites excluding steroid dienone is 3. The minimum atomic E-state index is -2.24. The van der Waals surface area contributed by atoms with Gasteiger partial charge < -0.3 is 18.3 Å². The van der Waals surface area contributed by atoms with Crippen molar-refractivity contribution in [3.63, 3.8) is 0 Å². The van der Waals surface area contributed by atoms with Gasteiger partial charge in [0.25, 0.3) is 0 Å². The Labute approximate surface area is 169 Å². The van der Waals surface area contributed by atoms with Crippen LogP contribution in [0.5, 0.6) is 11.5 Å². The van der Waals surface area contributed by atoms with Crippen LogP contribution in [0, 0.1) is 31.8 Å². The maximum Gasteiger partial charge on any atom is 0.779 e. The largest absolute Gasteiger partial charge is 0.779 e. The maximum atomic E-state index is 9.80. The number of nitrogens with zero attached hydrogens (tertiary/aromatic N) is 4. The Kier molecular flexibility index (Phi) is 3.25. The van der Waals surface area contributed by atoms with E-state index in [4.69, 9.17) is 15.9 Å². The molecule has 2 aromatic rings. The molecule has 0 saturated heterocycles. The lowest BCUT2D eigenvalue weighted by atomic mass is 9.80. The first kappa shape index (κ1) is 17.4. The number of aromatic nitrogens is 1. The summed E-state index contributed by atoms with van der Waals surface area (Å²) in [6, 6.07) is 9.93. The van der Waals surface area contributed by atoms with E-state index in [-0.39, 0.29) is 0 Å². The van der Waals surface area contributed by atoms with Gasteiger partial charge in [-0.1, -0.05) is 12.1 Å². The Bertz CT molecular complexity index is 1300. The SMILES string of the molecule is [C-]#[N+]c1c(C)c2n(c1C)[B-]1(Oc3ccccc3O1)[N+]1=C(C)C(C#N)=C(C)C1=C2C. The lowest BCUT2D eigenvalue weighted by Crippen LogP contribution is -2.65. The molecule has 0 saturated carbocycles. The van der Waals surface area contributed by atoms with Crippen LogP contribution in [0.3, 0.4) is 0 Å². The van der Waals surface area contributed by atoms with Crippen molar-refractivity contribution in [2.45, 2.75) is 34.6 Å². The second-order valence-electron chi connectivity index (χ2n) is 7.75. The van der Waals surface area contributed by atoms with E-state index in [2.05, 4.69) is 10.9 Å². The van der Waals surface area contributed by atoms with Crippen LogP contribution in [0.2, 0.25) is 0 Å². The van der Waals surface area contributed by atoms with Crippen LogP contribution in [0.1, 0.15) is 37.7 Å². The molecule has 5 rings (SSSR count). The second-order valence-corrected chi connectivity index (χ2v) is 7.75. The van der Waals surface area contributed by atoms with Crippen molar-refractivity contribution in [2.75, 3.05) is 0 Å². The quantitative estimate of drug-likeness (QED) is 0.499. The number of para-hydroxylation sites is 2. The first-order valence-corrected chi connectivity index (χ1v) is 9.54. The van der Waals surface area contributed by atoms with Crippen LogP contribution in [-0.4, -0.2) is 21.5 Å². The topological polar surface area (TPSA) is 54.5 Å². The van der Waals surface area contributed by atoms with Gasteiger partial charge in [-0.2, -0.15) is 5.26 Å². The molecular formula is C22H19BN4O2. The van der Waals surface area contributed by atoms with E-state index in [0.29, 0.717) is 22.8 Å². The van der Waals surface area contributed by atoms with Crippen LogP contribution in [0.25, 0.3) is 10.4 Å². The van der Waals surface area contributed by atoms with E-state index in [1.54, 1.807) is 0 Å². The number of fused-ring (bicyclic) bond motifs is 5. The van der Waals surface area contributed by atoms with Gasteiger partial charge in [0.2, 0.25) is 5.69 Å². The molecule has 6 nitrogen and oxygen atoms in total. The average molecular weight is 382 g/mol. The van der Waals surface area contributed by atoms with Gasteiger partial charge in [-0.3, -0.25) is 0 Å². The average Bonchev–Trinajstić information content (AvgIpc) is 3.28. The summed E-state index contributed by atoms with van der Waals surface area (Å²) in [5.41, 5.74) is 7.53. The summed E-state index contributed by atoms with van der Waals surface area (Å²) in [6.45, 7) is 15.3. The zero-order chi connectivity index (χ0) is 20.7. The predicted molar refractivity (Wildman–Crippen MR) is 111 cm³/mol. The highest BCUT2D eigenvalue weighted by atomic mass is 16.7. The fourth-order valence-corrected chi connectivity index (χ4v) is 5.21. The van der Waals surface area contributed by atoms with Gasteiger partial charge in [0.05, 0.1) is 6.57 Å². The highest BCUT2D eigenvalue weighted by molar-refractivity contribution is 6.62. The second kappa shape index (κ2) is 5.43. The smallest absolute Gasteiger partial charge is 0.599 e. The molecule has 0 fully saturated rings. The highest BCUT2D eigenvalue weighted by Crippen LogP contribution is 2.49. The van der Waals surface area contributed by atoms with E-state index in [1.807, 2.05) is 67.8 Å². The third-order valence-electron chi connectivity index (χ3n) is 6.35. The Morgan fingerprint density at radius 1 is 1.07 bits per heavy atom. The fraction of sp³-hybridized carbons (Fsp3) is 0.227. The molecule has 0 amide bonds. The lowest BCUT2D eigenvalue weighted by molar-refractivity contribution is -0.369.